The summed E-state index contributed by atoms with van der Waals surface area (Å²) in [4.78, 5) is 0. The molecule has 0 bridgehead atoms. The molecule has 1 aliphatic rings. The van der Waals surface area contributed by atoms with Gasteiger partial charge in [-0.1, -0.05) is 34.1 Å². The van der Waals surface area contributed by atoms with Crippen LogP contribution in [0.1, 0.15) is 60.3 Å². The summed E-state index contributed by atoms with van der Waals surface area (Å²) >= 11 is 0. The third-order valence-corrected chi connectivity index (χ3v) is 2.43. The molecule has 12 heavy (non-hydrogen) atoms. The average Bonchev–Trinajstić information content (AvgIpc) is 1.86. The summed E-state index contributed by atoms with van der Waals surface area (Å²) in [6.45, 7) is 10.4. The van der Waals surface area contributed by atoms with E-state index < -0.39 is 0 Å². The van der Waals surface area contributed by atoms with E-state index in [1.807, 2.05) is 20.8 Å². The zero-order valence-corrected chi connectivity index (χ0v) is 9.28. The maximum Gasteiger partial charge on any atom is 0.0624 e. The van der Waals surface area contributed by atoms with Crippen LogP contribution in [0.5, 0.6) is 0 Å². The Morgan fingerprint density at radius 1 is 1.00 bits per heavy atom. The molecule has 0 heterocycles. The van der Waals surface area contributed by atoms with Crippen molar-refractivity contribution in [3.63, 3.8) is 0 Å². The largest absolute Gasteiger partial charge is 0.390 e. The van der Waals surface area contributed by atoms with Crippen molar-refractivity contribution < 1.29 is 5.11 Å². The molecule has 0 amide bonds. The van der Waals surface area contributed by atoms with Gasteiger partial charge in [-0.2, -0.15) is 0 Å². The van der Waals surface area contributed by atoms with Crippen molar-refractivity contribution in [2.24, 2.45) is 5.41 Å². The van der Waals surface area contributed by atoms with Gasteiger partial charge in [0.1, 0.15) is 0 Å². The van der Waals surface area contributed by atoms with Gasteiger partial charge < -0.3 is 5.11 Å². The first kappa shape index (κ1) is 12.0. The molecule has 1 fully saturated rings. The third kappa shape index (κ3) is 4.10. The van der Waals surface area contributed by atoms with Crippen LogP contribution in [0.4, 0.5) is 0 Å². The molecule has 0 saturated heterocycles. The summed E-state index contributed by atoms with van der Waals surface area (Å²) in [7, 11) is 0. The summed E-state index contributed by atoms with van der Waals surface area (Å²) in [5.74, 6) is 0. The standard InChI is InChI=1S/C9H18O.C2H6/c1-8(2)5-4-6-9(3,10)7-8;1-2/h10H,4-7H2,1-3H3;1-2H3. The van der Waals surface area contributed by atoms with E-state index >= 15 is 0 Å². The lowest BCUT2D eigenvalue weighted by atomic mass is 9.71. The topological polar surface area (TPSA) is 20.2 Å². The molecule has 1 nitrogen and oxygen atoms in total. The molecule has 1 heteroatoms. The van der Waals surface area contributed by atoms with E-state index in [0.717, 1.165) is 12.8 Å². The van der Waals surface area contributed by atoms with Crippen molar-refractivity contribution >= 4 is 0 Å². The first-order chi connectivity index (χ1) is 5.41. The smallest absolute Gasteiger partial charge is 0.0624 e. The van der Waals surface area contributed by atoms with Crippen LogP contribution in [0.15, 0.2) is 0 Å². The van der Waals surface area contributed by atoms with Crippen LogP contribution in [0.25, 0.3) is 0 Å². The molecule has 1 unspecified atom stereocenters. The Morgan fingerprint density at radius 3 is 1.75 bits per heavy atom. The van der Waals surface area contributed by atoms with Crippen LogP contribution < -0.4 is 0 Å². The molecular formula is C11H24O. The van der Waals surface area contributed by atoms with Crippen LogP contribution >= 0.6 is 0 Å². The van der Waals surface area contributed by atoms with Gasteiger partial charge in [0.05, 0.1) is 5.60 Å². The first-order valence-corrected chi connectivity index (χ1v) is 5.14. The fourth-order valence-electron chi connectivity index (χ4n) is 2.16. The Hall–Kier alpha value is -0.0400. The van der Waals surface area contributed by atoms with Crippen molar-refractivity contribution in [3.8, 4) is 0 Å². The van der Waals surface area contributed by atoms with Crippen molar-refractivity contribution in [2.75, 3.05) is 0 Å². The minimum Gasteiger partial charge on any atom is -0.390 e. The predicted molar refractivity (Wildman–Crippen MR) is 54.2 cm³/mol. The SMILES string of the molecule is CC.CC1(C)CCCC(C)(O)C1. The molecule has 1 atom stereocenters. The van der Waals surface area contributed by atoms with Crippen LogP contribution in [0.3, 0.4) is 0 Å². The Morgan fingerprint density at radius 2 is 1.50 bits per heavy atom. The van der Waals surface area contributed by atoms with Gasteiger partial charge >= 0.3 is 0 Å². The highest BCUT2D eigenvalue weighted by Gasteiger charge is 2.34. The minimum atomic E-state index is -0.387. The van der Waals surface area contributed by atoms with Gasteiger partial charge in [0.15, 0.2) is 0 Å². The molecule has 0 spiro atoms. The summed E-state index contributed by atoms with van der Waals surface area (Å²) in [5, 5.41) is 9.71. The lowest BCUT2D eigenvalue weighted by Crippen LogP contribution is -2.35. The lowest BCUT2D eigenvalue weighted by Gasteiger charge is -2.39. The number of hydrogen-bond donors (Lipinski definition) is 1. The van der Waals surface area contributed by atoms with Crippen molar-refractivity contribution in [3.05, 3.63) is 0 Å². The quantitative estimate of drug-likeness (QED) is 0.594. The Kier molecular flexibility index (Phi) is 4.25. The molecule has 0 aromatic rings. The van der Waals surface area contributed by atoms with Crippen LogP contribution in [-0.2, 0) is 0 Å². The Bertz CT molecular complexity index is 111. The molecule has 0 radical (unpaired) electrons. The molecule has 74 valence electrons. The zero-order chi connectivity index (χ0) is 9.83. The summed E-state index contributed by atoms with van der Waals surface area (Å²) in [6, 6.07) is 0. The van der Waals surface area contributed by atoms with Crippen LogP contribution in [0, 0.1) is 5.41 Å². The third-order valence-electron chi connectivity index (χ3n) is 2.43. The van der Waals surface area contributed by atoms with E-state index in [1.54, 1.807) is 0 Å². The van der Waals surface area contributed by atoms with E-state index in [0.29, 0.717) is 5.41 Å². The molecule has 0 aromatic carbocycles. The molecule has 0 aromatic heterocycles. The van der Waals surface area contributed by atoms with Gasteiger partial charge in [0.2, 0.25) is 0 Å². The van der Waals surface area contributed by atoms with Gasteiger partial charge in [-0.05, 0) is 31.6 Å². The second-order valence-corrected chi connectivity index (χ2v) is 4.69. The van der Waals surface area contributed by atoms with Gasteiger partial charge in [0.25, 0.3) is 0 Å². The lowest BCUT2D eigenvalue weighted by molar-refractivity contribution is -0.0231. The molecule has 0 aliphatic heterocycles. The fraction of sp³-hybridized carbons (Fsp3) is 1.00. The average molecular weight is 172 g/mol. The molecular weight excluding hydrogens is 148 g/mol. The summed E-state index contributed by atoms with van der Waals surface area (Å²) in [6.07, 6.45) is 4.39. The Balaban J connectivity index is 0.000000561. The Labute approximate surface area is 77.2 Å². The van der Waals surface area contributed by atoms with Crippen molar-refractivity contribution in [2.45, 2.75) is 65.9 Å². The highest BCUT2D eigenvalue weighted by molar-refractivity contribution is 4.86. The molecule has 1 saturated carbocycles. The van der Waals surface area contributed by atoms with E-state index in [1.165, 1.54) is 12.8 Å². The fourth-order valence-corrected chi connectivity index (χ4v) is 2.16. The van der Waals surface area contributed by atoms with Crippen molar-refractivity contribution in [1.29, 1.82) is 0 Å². The second kappa shape index (κ2) is 4.27. The van der Waals surface area contributed by atoms with Crippen LogP contribution in [0.2, 0.25) is 0 Å². The highest BCUT2D eigenvalue weighted by atomic mass is 16.3. The van der Waals surface area contributed by atoms with Gasteiger partial charge in [0, 0.05) is 0 Å². The monoisotopic (exact) mass is 172 g/mol. The maximum atomic E-state index is 9.71. The molecule has 1 aliphatic carbocycles. The number of aliphatic hydroxyl groups is 1. The normalized spacial score (nSPS) is 33.5. The summed E-state index contributed by atoms with van der Waals surface area (Å²) in [5.41, 5.74) is -0.0243. The number of hydrogen-bond acceptors (Lipinski definition) is 1. The van der Waals surface area contributed by atoms with E-state index in [9.17, 15) is 5.11 Å². The maximum absolute atomic E-state index is 9.71. The minimum absolute atomic E-state index is 0.363. The van der Waals surface area contributed by atoms with Crippen molar-refractivity contribution in [1.82, 2.24) is 0 Å². The van der Waals surface area contributed by atoms with E-state index in [2.05, 4.69) is 13.8 Å². The van der Waals surface area contributed by atoms with E-state index in [-0.39, 0.29) is 5.60 Å². The molecule has 1 rings (SSSR count). The number of rotatable bonds is 0. The summed E-state index contributed by atoms with van der Waals surface area (Å²) < 4.78 is 0. The van der Waals surface area contributed by atoms with E-state index in [4.69, 9.17) is 0 Å². The zero-order valence-electron chi connectivity index (χ0n) is 9.28. The van der Waals surface area contributed by atoms with Gasteiger partial charge in [-0.15, -0.1) is 0 Å². The second-order valence-electron chi connectivity index (χ2n) is 4.69. The van der Waals surface area contributed by atoms with Gasteiger partial charge in [-0.3, -0.25) is 0 Å². The van der Waals surface area contributed by atoms with Gasteiger partial charge in [-0.25, -0.2) is 0 Å². The predicted octanol–water partition coefficient (Wildman–Crippen LogP) is 3.36. The first-order valence-electron chi connectivity index (χ1n) is 5.14. The molecule has 1 N–H and O–H groups in total. The van der Waals surface area contributed by atoms with Crippen LogP contribution in [-0.4, -0.2) is 10.7 Å². The highest BCUT2D eigenvalue weighted by Crippen LogP contribution is 2.40.